The molecule has 0 saturated carbocycles. The Kier molecular flexibility index (Phi) is 5.17. The summed E-state index contributed by atoms with van der Waals surface area (Å²) in [6, 6.07) is 6.46. The molecule has 0 spiro atoms. The molecule has 1 unspecified atom stereocenters. The Bertz CT molecular complexity index is 395. The van der Waals surface area contributed by atoms with E-state index in [1.54, 1.807) is 24.3 Å². The van der Waals surface area contributed by atoms with Crippen molar-refractivity contribution >= 4 is 17.5 Å². The predicted molar refractivity (Wildman–Crippen MR) is 73.9 cm³/mol. The van der Waals surface area contributed by atoms with Crippen molar-refractivity contribution in [2.24, 2.45) is 5.41 Å². The zero-order chi connectivity index (χ0) is 13.8. The maximum Gasteiger partial charge on any atom is 0.251 e. The van der Waals surface area contributed by atoms with Crippen molar-refractivity contribution in [3.63, 3.8) is 0 Å². The molecule has 1 amide bonds. The highest BCUT2D eigenvalue weighted by molar-refractivity contribution is 6.30. The molecule has 0 bridgehead atoms. The van der Waals surface area contributed by atoms with Gasteiger partial charge in [-0.15, -0.1) is 0 Å². The van der Waals surface area contributed by atoms with Crippen molar-refractivity contribution in [3.8, 4) is 0 Å². The molecule has 1 aromatic rings. The minimum Gasteiger partial charge on any atom is -0.394 e. The fraction of sp³-hybridized carbons (Fsp3) is 0.500. The van der Waals surface area contributed by atoms with Crippen LogP contribution in [0.4, 0.5) is 0 Å². The van der Waals surface area contributed by atoms with Crippen molar-refractivity contribution in [2.75, 3.05) is 6.61 Å². The number of amides is 1. The zero-order valence-corrected chi connectivity index (χ0v) is 11.8. The van der Waals surface area contributed by atoms with Gasteiger partial charge in [0.25, 0.3) is 5.91 Å². The van der Waals surface area contributed by atoms with Gasteiger partial charge in [-0.2, -0.15) is 0 Å². The minimum atomic E-state index is -0.229. The van der Waals surface area contributed by atoms with Crippen LogP contribution in [0.5, 0.6) is 0 Å². The van der Waals surface area contributed by atoms with E-state index in [9.17, 15) is 9.90 Å². The first-order chi connectivity index (χ1) is 8.31. The summed E-state index contributed by atoms with van der Waals surface area (Å²) < 4.78 is 0. The molecule has 1 aromatic carbocycles. The van der Waals surface area contributed by atoms with E-state index in [1.807, 2.05) is 0 Å². The highest BCUT2D eigenvalue weighted by atomic mass is 35.5. The Morgan fingerprint density at radius 2 is 1.89 bits per heavy atom. The van der Waals surface area contributed by atoms with Crippen molar-refractivity contribution in [1.29, 1.82) is 0 Å². The molecule has 18 heavy (non-hydrogen) atoms. The molecule has 1 atom stereocenters. The molecule has 4 heteroatoms. The van der Waals surface area contributed by atoms with Gasteiger partial charge in [0.05, 0.1) is 12.6 Å². The second-order valence-electron chi connectivity index (χ2n) is 5.62. The smallest absolute Gasteiger partial charge is 0.251 e. The summed E-state index contributed by atoms with van der Waals surface area (Å²) >= 11 is 5.76. The van der Waals surface area contributed by atoms with E-state index in [4.69, 9.17) is 11.6 Å². The molecule has 0 heterocycles. The first kappa shape index (κ1) is 15.0. The first-order valence-electron chi connectivity index (χ1n) is 5.99. The summed E-state index contributed by atoms with van der Waals surface area (Å²) in [5, 5.41) is 12.7. The van der Waals surface area contributed by atoms with Crippen LogP contribution in [-0.4, -0.2) is 23.7 Å². The van der Waals surface area contributed by atoms with E-state index < -0.39 is 0 Å². The highest BCUT2D eigenvalue weighted by Gasteiger charge is 2.20. The molecule has 100 valence electrons. The summed E-state index contributed by atoms with van der Waals surface area (Å²) in [5.41, 5.74) is 0.604. The number of halogens is 1. The molecule has 0 fully saturated rings. The second-order valence-corrected chi connectivity index (χ2v) is 6.06. The Balaban J connectivity index is 2.65. The normalized spacial score (nSPS) is 13.2. The monoisotopic (exact) mass is 269 g/mol. The molecule has 0 saturated heterocycles. The molecule has 1 rings (SSSR count). The summed E-state index contributed by atoms with van der Waals surface area (Å²) in [7, 11) is 0. The number of hydrogen-bond donors (Lipinski definition) is 2. The standard InChI is InChI=1S/C14H20ClNO2/c1-14(2,3)8-12(9-17)16-13(18)10-4-6-11(15)7-5-10/h4-7,12,17H,8-9H2,1-3H3,(H,16,18). The Morgan fingerprint density at radius 3 is 2.33 bits per heavy atom. The van der Waals surface area contributed by atoms with E-state index in [-0.39, 0.29) is 24.0 Å². The minimum absolute atomic E-state index is 0.0562. The van der Waals surface area contributed by atoms with Crippen LogP contribution in [0, 0.1) is 5.41 Å². The van der Waals surface area contributed by atoms with Gasteiger partial charge in [-0.25, -0.2) is 0 Å². The number of hydrogen-bond acceptors (Lipinski definition) is 2. The molecule has 0 aliphatic carbocycles. The third-order valence-electron chi connectivity index (χ3n) is 2.52. The number of aliphatic hydroxyl groups excluding tert-OH is 1. The lowest BCUT2D eigenvalue weighted by atomic mass is 9.88. The maximum absolute atomic E-state index is 11.9. The van der Waals surface area contributed by atoms with Crippen LogP contribution in [0.1, 0.15) is 37.6 Å². The Morgan fingerprint density at radius 1 is 1.33 bits per heavy atom. The van der Waals surface area contributed by atoms with Crippen molar-refractivity contribution in [3.05, 3.63) is 34.9 Å². The predicted octanol–water partition coefficient (Wildman–Crippen LogP) is 2.87. The summed E-state index contributed by atoms with van der Waals surface area (Å²) in [5.74, 6) is -0.185. The largest absolute Gasteiger partial charge is 0.394 e. The number of benzene rings is 1. The van der Waals surface area contributed by atoms with Crippen LogP contribution in [-0.2, 0) is 0 Å². The van der Waals surface area contributed by atoms with Crippen LogP contribution in [0.15, 0.2) is 24.3 Å². The van der Waals surface area contributed by atoms with E-state index in [0.717, 1.165) is 6.42 Å². The lowest BCUT2D eigenvalue weighted by molar-refractivity contribution is 0.0897. The van der Waals surface area contributed by atoms with Gasteiger partial charge in [0, 0.05) is 10.6 Å². The SMILES string of the molecule is CC(C)(C)CC(CO)NC(=O)c1ccc(Cl)cc1. The van der Waals surface area contributed by atoms with Gasteiger partial charge in [0.2, 0.25) is 0 Å². The average molecular weight is 270 g/mol. The van der Waals surface area contributed by atoms with Gasteiger partial charge in [-0.05, 0) is 36.1 Å². The zero-order valence-electron chi connectivity index (χ0n) is 11.0. The molecule has 0 aliphatic rings. The molecule has 0 radical (unpaired) electrons. The van der Waals surface area contributed by atoms with E-state index in [2.05, 4.69) is 26.1 Å². The van der Waals surface area contributed by atoms with E-state index in [1.165, 1.54) is 0 Å². The van der Waals surface area contributed by atoms with Crippen LogP contribution in [0.3, 0.4) is 0 Å². The van der Waals surface area contributed by atoms with Gasteiger partial charge >= 0.3 is 0 Å². The third kappa shape index (κ3) is 5.07. The number of rotatable bonds is 4. The van der Waals surface area contributed by atoms with E-state index >= 15 is 0 Å². The summed E-state index contributed by atoms with van der Waals surface area (Å²) in [6.45, 7) is 6.16. The molecule has 2 N–H and O–H groups in total. The second kappa shape index (κ2) is 6.21. The van der Waals surface area contributed by atoms with Gasteiger partial charge in [0.1, 0.15) is 0 Å². The van der Waals surface area contributed by atoms with Crippen LogP contribution < -0.4 is 5.32 Å². The highest BCUT2D eigenvalue weighted by Crippen LogP contribution is 2.20. The Hall–Kier alpha value is -1.06. The molecule has 0 aromatic heterocycles. The average Bonchev–Trinajstić information content (AvgIpc) is 2.27. The van der Waals surface area contributed by atoms with Gasteiger partial charge in [-0.3, -0.25) is 4.79 Å². The van der Waals surface area contributed by atoms with Gasteiger partial charge in [0.15, 0.2) is 0 Å². The topological polar surface area (TPSA) is 49.3 Å². The number of carbonyl (C=O) groups excluding carboxylic acids is 1. The third-order valence-corrected chi connectivity index (χ3v) is 2.77. The van der Waals surface area contributed by atoms with Crippen molar-refractivity contribution in [2.45, 2.75) is 33.2 Å². The number of aliphatic hydroxyl groups is 1. The fourth-order valence-corrected chi connectivity index (χ4v) is 1.90. The van der Waals surface area contributed by atoms with Gasteiger partial charge in [-0.1, -0.05) is 32.4 Å². The number of nitrogens with one attached hydrogen (secondary N) is 1. The maximum atomic E-state index is 11.9. The fourth-order valence-electron chi connectivity index (χ4n) is 1.77. The van der Waals surface area contributed by atoms with Crippen molar-refractivity contribution < 1.29 is 9.90 Å². The summed E-state index contributed by atoms with van der Waals surface area (Å²) in [6.07, 6.45) is 0.725. The quantitative estimate of drug-likeness (QED) is 0.883. The van der Waals surface area contributed by atoms with Crippen molar-refractivity contribution in [1.82, 2.24) is 5.32 Å². The molecular weight excluding hydrogens is 250 g/mol. The lowest BCUT2D eigenvalue weighted by Crippen LogP contribution is -2.40. The molecule has 3 nitrogen and oxygen atoms in total. The first-order valence-corrected chi connectivity index (χ1v) is 6.37. The summed E-state index contributed by atoms with van der Waals surface area (Å²) in [4.78, 5) is 11.9. The molecular formula is C14H20ClNO2. The Labute approximate surface area is 113 Å². The molecule has 0 aliphatic heterocycles. The van der Waals surface area contributed by atoms with Gasteiger partial charge < -0.3 is 10.4 Å². The van der Waals surface area contributed by atoms with Crippen LogP contribution >= 0.6 is 11.6 Å². The van der Waals surface area contributed by atoms with Crippen LogP contribution in [0.2, 0.25) is 5.02 Å². The van der Waals surface area contributed by atoms with Crippen LogP contribution in [0.25, 0.3) is 0 Å². The lowest BCUT2D eigenvalue weighted by Gasteiger charge is -2.25. The van der Waals surface area contributed by atoms with E-state index in [0.29, 0.717) is 10.6 Å². The number of carbonyl (C=O) groups is 1.